The summed E-state index contributed by atoms with van der Waals surface area (Å²) >= 11 is 5.81. The van der Waals surface area contributed by atoms with E-state index in [9.17, 15) is 4.79 Å². The lowest BCUT2D eigenvalue weighted by Gasteiger charge is -2.07. The van der Waals surface area contributed by atoms with Gasteiger partial charge in [0.15, 0.2) is 0 Å². The van der Waals surface area contributed by atoms with Gasteiger partial charge in [0.1, 0.15) is 11.1 Å². The van der Waals surface area contributed by atoms with Gasteiger partial charge in [-0.15, -0.1) is 11.6 Å². The van der Waals surface area contributed by atoms with Crippen LogP contribution in [0.25, 0.3) is 0 Å². The first-order chi connectivity index (χ1) is 6.74. The van der Waals surface area contributed by atoms with Crippen molar-refractivity contribution in [2.45, 2.75) is 25.1 Å². The maximum absolute atomic E-state index is 11.3. The largest absolute Gasteiger partial charge is 0.425 e. The monoisotopic (exact) mass is 212 g/mol. The van der Waals surface area contributed by atoms with Gasteiger partial charge < -0.3 is 4.74 Å². The molecule has 0 aliphatic carbocycles. The Morgan fingerprint density at radius 1 is 1.43 bits per heavy atom. The molecule has 1 rings (SSSR count). The Bertz CT molecular complexity index is 285. The van der Waals surface area contributed by atoms with E-state index in [0.717, 1.165) is 6.42 Å². The first-order valence-electron chi connectivity index (χ1n) is 4.65. The standard InChI is InChI=1S/C11H13ClO2/c1-2-6-10(12)11(13)14-9-7-4-3-5-8-9/h3-5,7-8,10H,2,6H2,1H3. The average molecular weight is 213 g/mol. The number of hydrogen-bond donors (Lipinski definition) is 0. The zero-order chi connectivity index (χ0) is 10.4. The van der Waals surface area contributed by atoms with E-state index in [2.05, 4.69) is 0 Å². The van der Waals surface area contributed by atoms with Crippen molar-refractivity contribution in [2.24, 2.45) is 0 Å². The van der Waals surface area contributed by atoms with Crippen LogP contribution in [0.4, 0.5) is 0 Å². The Labute approximate surface area is 88.8 Å². The second-order valence-electron chi connectivity index (χ2n) is 2.99. The summed E-state index contributed by atoms with van der Waals surface area (Å²) in [4.78, 5) is 11.3. The minimum Gasteiger partial charge on any atom is -0.425 e. The summed E-state index contributed by atoms with van der Waals surface area (Å²) in [6.45, 7) is 1.98. The first-order valence-corrected chi connectivity index (χ1v) is 5.08. The van der Waals surface area contributed by atoms with Crippen LogP contribution in [0.15, 0.2) is 30.3 Å². The number of halogens is 1. The lowest BCUT2D eigenvalue weighted by Crippen LogP contribution is -2.20. The number of ether oxygens (including phenoxy) is 1. The molecule has 1 atom stereocenters. The maximum atomic E-state index is 11.3. The average Bonchev–Trinajstić information content (AvgIpc) is 2.19. The van der Waals surface area contributed by atoms with Crippen molar-refractivity contribution in [3.05, 3.63) is 30.3 Å². The molecule has 1 aromatic rings. The highest BCUT2D eigenvalue weighted by atomic mass is 35.5. The molecular formula is C11H13ClO2. The molecular weight excluding hydrogens is 200 g/mol. The van der Waals surface area contributed by atoms with Gasteiger partial charge in [-0.3, -0.25) is 4.79 Å². The van der Waals surface area contributed by atoms with Crippen LogP contribution in [-0.2, 0) is 4.79 Å². The van der Waals surface area contributed by atoms with Crippen LogP contribution >= 0.6 is 11.6 Å². The van der Waals surface area contributed by atoms with Gasteiger partial charge in [0.2, 0.25) is 0 Å². The summed E-state index contributed by atoms with van der Waals surface area (Å²) in [6.07, 6.45) is 1.52. The fraction of sp³-hybridized carbons (Fsp3) is 0.364. The molecule has 0 radical (unpaired) electrons. The van der Waals surface area contributed by atoms with E-state index in [-0.39, 0.29) is 5.97 Å². The van der Waals surface area contributed by atoms with Crippen LogP contribution in [0.3, 0.4) is 0 Å². The Kier molecular flexibility index (Phi) is 4.47. The second-order valence-corrected chi connectivity index (χ2v) is 3.52. The van der Waals surface area contributed by atoms with Gasteiger partial charge in [0, 0.05) is 0 Å². The minimum absolute atomic E-state index is 0.375. The number of carbonyl (C=O) groups is 1. The quantitative estimate of drug-likeness (QED) is 0.436. The number of benzene rings is 1. The van der Waals surface area contributed by atoms with E-state index in [0.29, 0.717) is 12.2 Å². The molecule has 0 aliphatic rings. The molecule has 0 saturated heterocycles. The van der Waals surface area contributed by atoms with Crippen molar-refractivity contribution in [1.82, 2.24) is 0 Å². The van der Waals surface area contributed by atoms with Gasteiger partial charge in [-0.1, -0.05) is 31.5 Å². The van der Waals surface area contributed by atoms with E-state index in [1.807, 2.05) is 25.1 Å². The number of para-hydroxylation sites is 1. The van der Waals surface area contributed by atoms with E-state index < -0.39 is 5.38 Å². The van der Waals surface area contributed by atoms with Crippen molar-refractivity contribution in [1.29, 1.82) is 0 Å². The van der Waals surface area contributed by atoms with Gasteiger partial charge in [0.05, 0.1) is 0 Å². The van der Waals surface area contributed by atoms with Gasteiger partial charge in [-0.05, 0) is 18.6 Å². The van der Waals surface area contributed by atoms with Gasteiger partial charge in [-0.25, -0.2) is 0 Å². The predicted octanol–water partition coefficient (Wildman–Crippen LogP) is 3.00. The lowest BCUT2D eigenvalue weighted by molar-refractivity contribution is -0.134. The third-order valence-electron chi connectivity index (χ3n) is 1.76. The number of alkyl halides is 1. The van der Waals surface area contributed by atoms with Crippen molar-refractivity contribution in [2.75, 3.05) is 0 Å². The molecule has 0 bridgehead atoms. The molecule has 0 amide bonds. The minimum atomic E-state index is -0.541. The molecule has 3 heteroatoms. The topological polar surface area (TPSA) is 26.3 Å². The first kappa shape index (κ1) is 11.1. The second kappa shape index (κ2) is 5.66. The van der Waals surface area contributed by atoms with Crippen molar-refractivity contribution in [3.8, 4) is 5.75 Å². The van der Waals surface area contributed by atoms with E-state index in [1.54, 1.807) is 12.1 Å². The van der Waals surface area contributed by atoms with Gasteiger partial charge in [-0.2, -0.15) is 0 Å². The molecule has 0 spiro atoms. The van der Waals surface area contributed by atoms with Crippen molar-refractivity contribution in [3.63, 3.8) is 0 Å². The molecule has 1 aromatic carbocycles. The SMILES string of the molecule is CCCC(Cl)C(=O)Oc1ccccc1. The zero-order valence-electron chi connectivity index (χ0n) is 8.07. The van der Waals surface area contributed by atoms with Crippen molar-refractivity contribution >= 4 is 17.6 Å². The van der Waals surface area contributed by atoms with E-state index in [4.69, 9.17) is 16.3 Å². The molecule has 0 heterocycles. The number of esters is 1. The molecule has 14 heavy (non-hydrogen) atoms. The summed E-state index contributed by atoms with van der Waals surface area (Å²) in [6, 6.07) is 8.94. The summed E-state index contributed by atoms with van der Waals surface area (Å²) < 4.78 is 5.06. The lowest BCUT2D eigenvalue weighted by atomic mass is 10.2. The Balaban J connectivity index is 2.49. The fourth-order valence-electron chi connectivity index (χ4n) is 1.04. The van der Waals surface area contributed by atoms with Crippen LogP contribution in [-0.4, -0.2) is 11.3 Å². The normalized spacial score (nSPS) is 12.1. The fourth-order valence-corrected chi connectivity index (χ4v) is 1.30. The summed E-state index contributed by atoms with van der Waals surface area (Å²) in [7, 11) is 0. The molecule has 0 N–H and O–H groups in total. The Hall–Kier alpha value is -1.02. The van der Waals surface area contributed by atoms with Gasteiger partial charge in [0.25, 0.3) is 0 Å². The molecule has 76 valence electrons. The predicted molar refractivity (Wildman–Crippen MR) is 56.6 cm³/mol. The molecule has 1 unspecified atom stereocenters. The maximum Gasteiger partial charge on any atom is 0.329 e. The Morgan fingerprint density at radius 2 is 2.07 bits per heavy atom. The van der Waals surface area contributed by atoms with Gasteiger partial charge >= 0.3 is 5.97 Å². The van der Waals surface area contributed by atoms with Crippen LogP contribution in [0, 0.1) is 0 Å². The van der Waals surface area contributed by atoms with E-state index in [1.165, 1.54) is 0 Å². The summed E-state index contributed by atoms with van der Waals surface area (Å²) in [5.74, 6) is 0.166. The number of carbonyl (C=O) groups excluding carboxylic acids is 1. The smallest absolute Gasteiger partial charge is 0.329 e. The van der Waals surface area contributed by atoms with Crippen LogP contribution in [0.1, 0.15) is 19.8 Å². The van der Waals surface area contributed by atoms with E-state index >= 15 is 0 Å². The third-order valence-corrected chi connectivity index (χ3v) is 2.16. The van der Waals surface area contributed by atoms with Crippen LogP contribution < -0.4 is 4.74 Å². The Morgan fingerprint density at radius 3 is 2.64 bits per heavy atom. The molecule has 0 fully saturated rings. The highest BCUT2D eigenvalue weighted by molar-refractivity contribution is 6.30. The summed E-state index contributed by atoms with van der Waals surface area (Å²) in [5.41, 5.74) is 0. The van der Waals surface area contributed by atoms with Crippen molar-refractivity contribution < 1.29 is 9.53 Å². The zero-order valence-corrected chi connectivity index (χ0v) is 8.83. The van der Waals surface area contributed by atoms with Crippen LogP contribution in [0.5, 0.6) is 5.75 Å². The summed E-state index contributed by atoms with van der Waals surface area (Å²) in [5, 5.41) is -0.541. The van der Waals surface area contributed by atoms with Crippen LogP contribution in [0.2, 0.25) is 0 Å². The highest BCUT2D eigenvalue weighted by Crippen LogP contribution is 2.13. The molecule has 0 aromatic heterocycles. The highest BCUT2D eigenvalue weighted by Gasteiger charge is 2.16. The molecule has 0 aliphatic heterocycles. The number of hydrogen-bond acceptors (Lipinski definition) is 2. The molecule has 0 saturated carbocycles. The molecule has 2 nitrogen and oxygen atoms in total. The third kappa shape index (κ3) is 3.38. The number of rotatable bonds is 4.